The van der Waals surface area contributed by atoms with Crippen LogP contribution in [0.5, 0.6) is 0 Å². The molecule has 112 valence electrons. The van der Waals surface area contributed by atoms with E-state index in [1.54, 1.807) is 0 Å². The number of para-hydroxylation sites is 1. The fraction of sp³-hybridized carbons (Fsp3) is 0.231. The van der Waals surface area contributed by atoms with E-state index in [2.05, 4.69) is 15.3 Å². The molecule has 2 aromatic rings. The van der Waals surface area contributed by atoms with Crippen molar-refractivity contribution in [2.75, 3.05) is 18.2 Å². The smallest absolute Gasteiger partial charge is 0.384 e. The van der Waals surface area contributed by atoms with Gasteiger partial charge in [0, 0.05) is 13.2 Å². The van der Waals surface area contributed by atoms with Crippen molar-refractivity contribution in [1.29, 1.82) is 0 Å². The van der Waals surface area contributed by atoms with Crippen molar-refractivity contribution < 1.29 is 17.9 Å². The molecule has 0 fully saturated rings. The van der Waals surface area contributed by atoms with Crippen molar-refractivity contribution in [2.24, 2.45) is 0 Å². The number of rotatable bonds is 4. The van der Waals surface area contributed by atoms with Crippen molar-refractivity contribution in [3.05, 3.63) is 41.7 Å². The minimum absolute atomic E-state index is 0.105. The van der Waals surface area contributed by atoms with Gasteiger partial charge < -0.3 is 15.8 Å². The van der Waals surface area contributed by atoms with Gasteiger partial charge in [0.1, 0.15) is 18.2 Å². The zero-order valence-electron chi connectivity index (χ0n) is 11.1. The van der Waals surface area contributed by atoms with Crippen LogP contribution in [0.15, 0.2) is 30.3 Å². The van der Waals surface area contributed by atoms with Gasteiger partial charge in [-0.05, 0) is 12.1 Å². The average molecular weight is 298 g/mol. The van der Waals surface area contributed by atoms with Crippen molar-refractivity contribution in [1.82, 2.24) is 9.97 Å². The normalized spacial score (nSPS) is 11.4. The molecule has 0 amide bonds. The Balaban J connectivity index is 2.35. The van der Waals surface area contributed by atoms with Crippen LogP contribution in [-0.4, -0.2) is 17.1 Å². The van der Waals surface area contributed by atoms with Gasteiger partial charge in [0.05, 0.1) is 11.3 Å². The summed E-state index contributed by atoms with van der Waals surface area (Å²) in [4.78, 5) is 7.96. The molecular weight excluding hydrogens is 285 g/mol. The maximum absolute atomic E-state index is 12.9. The van der Waals surface area contributed by atoms with Gasteiger partial charge in [-0.1, -0.05) is 12.1 Å². The first-order valence-corrected chi connectivity index (χ1v) is 5.96. The number of nitrogen functional groups attached to an aromatic ring is 1. The zero-order chi connectivity index (χ0) is 15.5. The van der Waals surface area contributed by atoms with Gasteiger partial charge in [-0.2, -0.15) is 13.2 Å². The van der Waals surface area contributed by atoms with Crippen molar-refractivity contribution in [2.45, 2.75) is 12.8 Å². The lowest BCUT2D eigenvalue weighted by atomic mass is 10.1. The number of alkyl halides is 3. The molecule has 21 heavy (non-hydrogen) atoms. The van der Waals surface area contributed by atoms with Crippen molar-refractivity contribution in [3.63, 3.8) is 0 Å². The summed E-state index contributed by atoms with van der Waals surface area (Å²) in [6, 6.07) is 6.48. The molecule has 1 aromatic carbocycles. The van der Waals surface area contributed by atoms with E-state index in [0.29, 0.717) is 0 Å². The van der Waals surface area contributed by atoms with Crippen molar-refractivity contribution in [3.8, 4) is 0 Å². The number of halogens is 3. The van der Waals surface area contributed by atoms with E-state index in [1.165, 1.54) is 31.4 Å². The molecule has 0 bridgehead atoms. The summed E-state index contributed by atoms with van der Waals surface area (Å²) in [6.45, 7) is 0.112. The lowest BCUT2D eigenvalue weighted by Gasteiger charge is -2.14. The Bertz CT molecular complexity index is 631. The third-order valence-electron chi connectivity index (χ3n) is 2.56. The number of hydrogen-bond donors (Lipinski definition) is 2. The van der Waals surface area contributed by atoms with E-state index >= 15 is 0 Å². The molecule has 8 heteroatoms. The molecule has 0 aliphatic rings. The molecule has 0 spiro atoms. The molecular formula is C13H13F3N4O. The molecule has 0 aliphatic carbocycles. The summed E-state index contributed by atoms with van der Waals surface area (Å²) in [5, 5.41) is 2.61. The summed E-state index contributed by atoms with van der Waals surface area (Å²) in [5.41, 5.74) is 4.71. The highest BCUT2D eigenvalue weighted by Gasteiger charge is 2.33. The van der Waals surface area contributed by atoms with Crippen LogP contribution < -0.4 is 11.1 Å². The Morgan fingerprint density at radius 2 is 1.95 bits per heavy atom. The van der Waals surface area contributed by atoms with Gasteiger partial charge in [0.15, 0.2) is 5.82 Å². The van der Waals surface area contributed by atoms with E-state index < -0.39 is 11.7 Å². The van der Waals surface area contributed by atoms with E-state index in [1.807, 2.05) is 0 Å². The van der Waals surface area contributed by atoms with E-state index in [-0.39, 0.29) is 29.8 Å². The quantitative estimate of drug-likeness (QED) is 0.908. The second kappa shape index (κ2) is 5.96. The van der Waals surface area contributed by atoms with Gasteiger partial charge in [0.25, 0.3) is 0 Å². The number of ether oxygens (including phenoxy) is 1. The Morgan fingerprint density at radius 3 is 2.62 bits per heavy atom. The van der Waals surface area contributed by atoms with Gasteiger partial charge in [-0.15, -0.1) is 0 Å². The summed E-state index contributed by atoms with van der Waals surface area (Å²) >= 11 is 0. The SMILES string of the molecule is COCc1nc(N)cc(Nc2ccccc2C(F)(F)F)n1. The van der Waals surface area contributed by atoms with E-state index in [0.717, 1.165) is 6.07 Å². The number of hydrogen-bond acceptors (Lipinski definition) is 5. The maximum Gasteiger partial charge on any atom is 0.418 e. The lowest BCUT2D eigenvalue weighted by molar-refractivity contribution is -0.136. The van der Waals surface area contributed by atoms with E-state index in [9.17, 15) is 13.2 Å². The number of nitrogens with zero attached hydrogens (tertiary/aromatic N) is 2. The number of anilines is 3. The highest BCUT2D eigenvalue weighted by atomic mass is 19.4. The summed E-state index contributed by atoms with van der Waals surface area (Å²) in [5.74, 6) is 0.597. The maximum atomic E-state index is 12.9. The topological polar surface area (TPSA) is 73.1 Å². The Morgan fingerprint density at radius 1 is 1.24 bits per heavy atom. The number of methoxy groups -OCH3 is 1. The second-order valence-corrected chi connectivity index (χ2v) is 4.20. The molecule has 3 N–H and O–H groups in total. The third kappa shape index (κ3) is 3.82. The Kier molecular flexibility index (Phi) is 4.27. The average Bonchev–Trinajstić information content (AvgIpc) is 2.37. The molecule has 0 saturated heterocycles. The van der Waals surface area contributed by atoms with Crippen LogP contribution in [0, 0.1) is 0 Å². The molecule has 1 aromatic heterocycles. The standard InChI is InChI=1S/C13H13F3N4O/c1-21-7-12-19-10(17)6-11(20-12)18-9-5-3-2-4-8(9)13(14,15)16/h2-6H,7H2,1H3,(H3,17,18,19,20). The number of aromatic nitrogens is 2. The lowest BCUT2D eigenvalue weighted by Crippen LogP contribution is -2.10. The highest BCUT2D eigenvalue weighted by Crippen LogP contribution is 2.35. The largest absolute Gasteiger partial charge is 0.418 e. The first-order chi connectivity index (χ1) is 9.90. The molecule has 1 heterocycles. The molecule has 5 nitrogen and oxygen atoms in total. The molecule has 0 saturated carbocycles. The van der Waals surface area contributed by atoms with Gasteiger partial charge in [0.2, 0.25) is 0 Å². The molecule has 0 atom stereocenters. The molecule has 0 radical (unpaired) electrons. The van der Waals surface area contributed by atoms with Crippen LogP contribution in [0.4, 0.5) is 30.5 Å². The highest BCUT2D eigenvalue weighted by molar-refractivity contribution is 5.62. The monoisotopic (exact) mass is 298 g/mol. The third-order valence-corrected chi connectivity index (χ3v) is 2.56. The predicted molar refractivity (Wildman–Crippen MR) is 71.9 cm³/mol. The molecule has 2 rings (SSSR count). The van der Waals surface area contributed by atoms with Crippen LogP contribution in [0.2, 0.25) is 0 Å². The van der Waals surface area contributed by atoms with Gasteiger partial charge in [-0.25, -0.2) is 9.97 Å². The van der Waals surface area contributed by atoms with Crippen LogP contribution >= 0.6 is 0 Å². The number of benzene rings is 1. The van der Waals surface area contributed by atoms with Gasteiger partial charge in [-0.3, -0.25) is 0 Å². The minimum Gasteiger partial charge on any atom is -0.384 e. The fourth-order valence-electron chi connectivity index (χ4n) is 1.75. The molecule has 0 aliphatic heterocycles. The number of nitrogens with two attached hydrogens (primary N) is 1. The van der Waals surface area contributed by atoms with Crippen LogP contribution in [0.1, 0.15) is 11.4 Å². The van der Waals surface area contributed by atoms with E-state index in [4.69, 9.17) is 10.5 Å². The summed E-state index contributed by atoms with van der Waals surface area (Å²) in [6.07, 6.45) is -4.46. The zero-order valence-corrected chi connectivity index (χ0v) is 11.1. The molecule has 0 unspecified atom stereocenters. The minimum atomic E-state index is -4.46. The first-order valence-electron chi connectivity index (χ1n) is 5.96. The fourth-order valence-corrected chi connectivity index (χ4v) is 1.75. The predicted octanol–water partition coefficient (Wildman–Crippen LogP) is 2.97. The van der Waals surface area contributed by atoms with Crippen LogP contribution in [-0.2, 0) is 17.5 Å². The second-order valence-electron chi connectivity index (χ2n) is 4.20. The Hall–Kier alpha value is -2.35. The van der Waals surface area contributed by atoms with Crippen LogP contribution in [0.3, 0.4) is 0 Å². The van der Waals surface area contributed by atoms with Crippen molar-refractivity contribution >= 4 is 17.3 Å². The first kappa shape index (κ1) is 15.0. The van der Waals surface area contributed by atoms with Crippen LogP contribution in [0.25, 0.3) is 0 Å². The Labute approximate surface area is 119 Å². The summed E-state index contributed by atoms with van der Waals surface area (Å²) in [7, 11) is 1.46. The van der Waals surface area contributed by atoms with Gasteiger partial charge >= 0.3 is 6.18 Å². The summed E-state index contributed by atoms with van der Waals surface area (Å²) < 4.78 is 43.6. The number of nitrogens with one attached hydrogen (secondary N) is 1.